The SMILES string of the molecule is COc1nccnc1C1CC(C(C)C)CCC1C(=O)O. The number of methoxy groups -OCH3 is 1. The number of aliphatic carboxylic acids is 1. The Hall–Kier alpha value is -1.65. The third kappa shape index (κ3) is 2.92. The minimum absolute atomic E-state index is 0.114. The number of ether oxygens (including phenoxy) is 1. The number of carboxylic acid groups (broad SMARTS) is 1. The van der Waals surface area contributed by atoms with Gasteiger partial charge in [-0.1, -0.05) is 13.8 Å². The molecule has 0 spiro atoms. The van der Waals surface area contributed by atoms with E-state index >= 15 is 0 Å². The first-order valence-electron chi connectivity index (χ1n) is 7.12. The monoisotopic (exact) mass is 278 g/mol. The molecule has 1 fully saturated rings. The van der Waals surface area contributed by atoms with Crippen LogP contribution in [0.2, 0.25) is 0 Å². The van der Waals surface area contributed by atoms with E-state index < -0.39 is 11.9 Å². The number of nitrogens with zero attached hydrogens (tertiary/aromatic N) is 2. The van der Waals surface area contributed by atoms with E-state index in [-0.39, 0.29) is 5.92 Å². The highest BCUT2D eigenvalue weighted by Crippen LogP contribution is 2.44. The third-order valence-corrected chi connectivity index (χ3v) is 4.39. The molecule has 0 aromatic carbocycles. The van der Waals surface area contributed by atoms with Crippen LogP contribution in [0, 0.1) is 17.8 Å². The summed E-state index contributed by atoms with van der Waals surface area (Å²) in [4.78, 5) is 20.0. The topological polar surface area (TPSA) is 72.3 Å². The molecule has 5 nitrogen and oxygen atoms in total. The summed E-state index contributed by atoms with van der Waals surface area (Å²) in [5.74, 6) is 0.281. The van der Waals surface area contributed by atoms with Gasteiger partial charge < -0.3 is 9.84 Å². The fourth-order valence-electron chi connectivity index (χ4n) is 3.15. The average Bonchev–Trinajstić information content (AvgIpc) is 2.46. The number of hydrogen-bond acceptors (Lipinski definition) is 4. The molecule has 0 radical (unpaired) electrons. The molecule has 1 heterocycles. The number of carbonyl (C=O) groups is 1. The predicted octanol–water partition coefficient (Wildman–Crippen LogP) is 2.73. The van der Waals surface area contributed by atoms with Crippen LogP contribution in [0.25, 0.3) is 0 Å². The van der Waals surface area contributed by atoms with Gasteiger partial charge in [0.25, 0.3) is 0 Å². The van der Waals surface area contributed by atoms with Crippen molar-refractivity contribution in [3.05, 3.63) is 18.1 Å². The Labute approximate surface area is 119 Å². The maximum absolute atomic E-state index is 11.5. The van der Waals surface area contributed by atoms with Crippen LogP contribution < -0.4 is 4.74 Å². The van der Waals surface area contributed by atoms with Crippen LogP contribution in [-0.2, 0) is 4.79 Å². The van der Waals surface area contributed by atoms with E-state index in [9.17, 15) is 9.90 Å². The summed E-state index contributed by atoms with van der Waals surface area (Å²) in [6, 6.07) is 0. The van der Waals surface area contributed by atoms with E-state index in [2.05, 4.69) is 23.8 Å². The zero-order chi connectivity index (χ0) is 14.7. The lowest BCUT2D eigenvalue weighted by Crippen LogP contribution is -2.31. The molecule has 1 aliphatic carbocycles. The smallest absolute Gasteiger partial charge is 0.307 e. The van der Waals surface area contributed by atoms with Gasteiger partial charge in [-0.3, -0.25) is 9.78 Å². The number of rotatable bonds is 4. The van der Waals surface area contributed by atoms with Crippen molar-refractivity contribution in [3.63, 3.8) is 0 Å². The molecule has 3 unspecified atom stereocenters. The first-order chi connectivity index (χ1) is 9.54. The van der Waals surface area contributed by atoms with Gasteiger partial charge in [0.1, 0.15) is 5.69 Å². The Morgan fingerprint density at radius 3 is 2.65 bits per heavy atom. The van der Waals surface area contributed by atoms with Crippen molar-refractivity contribution in [1.29, 1.82) is 0 Å². The van der Waals surface area contributed by atoms with Crippen LogP contribution in [0.5, 0.6) is 5.88 Å². The lowest BCUT2D eigenvalue weighted by Gasteiger charge is -2.35. The molecular weight excluding hydrogens is 256 g/mol. The molecule has 110 valence electrons. The summed E-state index contributed by atoms with van der Waals surface area (Å²) in [5.41, 5.74) is 0.688. The second kappa shape index (κ2) is 6.20. The predicted molar refractivity (Wildman–Crippen MR) is 74.6 cm³/mol. The molecule has 0 amide bonds. The zero-order valence-corrected chi connectivity index (χ0v) is 12.2. The van der Waals surface area contributed by atoms with E-state index in [4.69, 9.17) is 4.74 Å². The van der Waals surface area contributed by atoms with Crippen LogP contribution in [0.1, 0.15) is 44.7 Å². The zero-order valence-electron chi connectivity index (χ0n) is 12.2. The Balaban J connectivity index is 2.34. The number of aromatic nitrogens is 2. The average molecular weight is 278 g/mol. The Bertz CT molecular complexity index is 476. The van der Waals surface area contributed by atoms with Gasteiger partial charge in [-0.15, -0.1) is 0 Å². The molecule has 1 aromatic rings. The largest absolute Gasteiger partial charge is 0.481 e. The minimum Gasteiger partial charge on any atom is -0.481 e. The molecule has 0 bridgehead atoms. The Kier molecular flexibility index (Phi) is 4.57. The molecule has 5 heteroatoms. The lowest BCUT2D eigenvalue weighted by atomic mass is 9.69. The highest BCUT2D eigenvalue weighted by atomic mass is 16.5. The van der Waals surface area contributed by atoms with Gasteiger partial charge in [0, 0.05) is 18.3 Å². The van der Waals surface area contributed by atoms with Crippen molar-refractivity contribution in [3.8, 4) is 5.88 Å². The van der Waals surface area contributed by atoms with Crippen LogP contribution in [0.3, 0.4) is 0 Å². The van der Waals surface area contributed by atoms with Gasteiger partial charge in [0.15, 0.2) is 0 Å². The first-order valence-corrected chi connectivity index (χ1v) is 7.12. The van der Waals surface area contributed by atoms with E-state index in [0.717, 1.165) is 12.8 Å². The standard InChI is InChI=1S/C15H22N2O3/c1-9(2)10-4-5-11(15(18)19)12(8-10)13-14(20-3)17-7-6-16-13/h6-7,9-12H,4-5,8H2,1-3H3,(H,18,19). The molecule has 1 saturated carbocycles. The molecule has 1 aromatic heterocycles. The van der Waals surface area contributed by atoms with Gasteiger partial charge in [-0.25, -0.2) is 4.98 Å². The molecule has 3 atom stereocenters. The molecule has 20 heavy (non-hydrogen) atoms. The Morgan fingerprint density at radius 2 is 2.05 bits per heavy atom. The van der Waals surface area contributed by atoms with Gasteiger partial charge in [-0.05, 0) is 31.1 Å². The van der Waals surface area contributed by atoms with Crippen molar-refractivity contribution >= 4 is 5.97 Å². The summed E-state index contributed by atoms with van der Waals surface area (Å²) < 4.78 is 5.26. The van der Waals surface area contributed by atoms with Crippen molar-refractivity contribution in [2.75, 3.05) is 7.11 Å². The number of hydrogen-bond donors (Lipinski definition) is 1. The minimum atomic E-state index is -0.745. The second-order valence-electron chi connectivity index (χ2n) is 5.82. The van der Waals surface area contributed by atoms with E-state index in [1.807, 2.05) is 0 Å². The summed E-state index contributed by atoms with van der Waals surface area (Å²) in [6.07, 6.45) is 5.68. The van der Waals surface area contributed by atoms with Crippen molar-refractivity contribution < 1.29 is 14.6 Å². The maximum atomic E-state index is 11.5. The van der Waals surface area contributed by atoms with E-state index in [1.54, 1.807) is 19.5 Å². The molecule has 1 aliphatic rings. The maximum Gasteiger partial charge on any atom is 0.307 e. The highest BCUT2D eigenvalue weighted by molar-refractivity contribution is 5.71. The van der Waals surface area contributed by atoms with E-state index in [0.29, 0.717) is 29.8 Å². The second-order valence-corrected chi connectivity index (χ2v) is 5.82. The molecule has 2 rings (SSSR count). The van der Waals surface area contributed by atoms with Crippen LogP contribution >= 0.6 is 0 Å². The van der Waals surface area contributed by atoms with E-state index in [1.165, 1.54) is 0 Å². The van der Waals surface area contributed by atoms with Crippen LogP contribution in [0.15, 0.2) is 12.4 Å². The van der Waals surface area contributed by atoms with Crippen molar-refractivity contribution in [1.82, 2.24) is 9.97 Å². The van der Waals surface area contributed by atoms with Gasteiger partial charge in [0.05, 0.1) is 13.0 Å². The van der Waals surface area contributed by atoms with Crippen LogP contribution in [-0.4, -0.2) is 28.2 Å². The highest BCUT2D eigenvalue weighted by Gasteiger charge is 2.39. The molecular formula is C15H22N2O3. The third-order valence-electron chi connectivity index (χ3n) is 4.39. The van der Waals surface area contributed by atoms with Crippen molar-refractivity contribution in [2.24, 2.45) is 17.8 Å². The van der Waals surface area contributed by atoms with Gasteiger partial charge >= 0.3 is 5.97 Å². The fourth-order valence-corrected chi connectivity index (χ4v) is 3.15. The summed E-state index contributed by atoms with van der Waals surface area (Å²) in [7, 11) is 1.55. The molecule has 1 N–H and O–H groups in total. The van der Waals surface area contributed by atoms with Crippen molar-refractivity contribution in [2.45, 2.75) is 39.0 Å². The summed E-state index contributed by atoms with van der Waals surface area (Å²) in [6.45, 7) is 4.38. The lowest BCUT2D eigenvalue weighted by molar-refractivity contribution is -0.144. The quantitative estimate of drug-likeness (QED) is 0.916. The van der Waals surface area contributed by atoms with Crippen LogP contribution in [0.4, 0.5) is 0 Å². The fraction of sp³-hybridized carbons (Fsp3) is 0.667. The summed E-state index contributed by atoms with van der Waals surface area (Å²) in [5, 5.41) is 9.47. The van der Waals surface area contributed by atoms with Gasteiger partial charge in [0.2, 0.25) is 5.88 Å². The van der Waals surface area contributed by atoms with Gasteiger partial charge in [-0.2, -0.15) is 0 Å². The number of carboxylic acids is 1. The molecule has 0 aliphatic heterocycles. The summed E-state index contributed by atoms with van der Waals surface area (Å²) >= 11 is 0. The Morgan fingerprint density at radius 1 is 1.35 bits per heavy atom. The first kappa shape index (κ1) is 14.8. The molecule has 0 saturated heterocycles. The normalized spacial score (nSPS) is 26.5.